The van der Waals surface area contributed by atoms with Crippen LogP contribution in [0.1, 0.15) is 45.4 Å². The normalized spacial score (nSPS) is 48.7. The average Bonchev–Trinajstić information content (AvgIpc) is 2.58. The monoisotopic (exact) mass is 184 g/mol. The highest BCUT2D eigenvalue weighted by atomic mass is 16.3. The molecule has 0 aromatic rings. The van der Waals surface area contributed by atoms with E-state index in [1.165, 1.54) is 12.8 Å². The first-order valence-corrected chi connectivity index (χ1v) is 5.58. The van der Waals surface area contributed by atoms with Crippen molar-refractivity contribution in [3.8, 4) is 0 Å². The Morgan fingerprint density at radius 3 is 2.77 bits per heavy atom. The van der Waals surface area contributed by atoms with Crippen LogP contribution in [0.25, 0.3) is 0 Å². The lowest BCUT2D eigenvalue weighted by Gasteiger charge is -2.31. The van der Waals surface area contributed by atoms with E-state index in [1.54, 1.807) is 0 Å². The number of hydrogen-bond donors (Lipinski definition) is 2. The van der Waals surface area contributed by atoms with Gasteiger partial charge in [-0.15, -0.1) is 0 Å². The van der Waals surface area contributed by atoms with Crippen molar-refractivity contribution in [1.29, 1.82) is 0 Å². The Hall–Kier alpha value is -0.0800. The van der Waals surface area contributed by atoms with E-state index in [-0.39, 0.29) is 0 Å². The Morgan fingerprint density at radius 1 is 1.46 bits per heavy atom. The van der Waals surface area contributed by atoms with Gasteiger partial charge in [0, 0.05) is 0 Å². The third kappa shape index (κ3) is 1.40. The van der Waals surface area contributed by atoms with Crippen LogP contribution in [0.2, 0.25) is 0 Å². The summed E-state index contributed by atoms with van der Waals surface area (Å²) < 4.78 is 0. The average molecular weight is 184 g/mol. The first-order valence-electron chi connectivity index (χ1n) is 5.58. The fourth-order valence-electron chi connectivity index (χ4n) is 3.22. The molecule has 13 heavy (non-hydrogen) atoms. The second-order valence-electron chi connectivity index (χ2n) is 4.86. The molecule has 0 aromatic carbocycles. The lowest BCUT2D eigenvalue weighted by atomic mass is 9.81. The molecular formula is C11H20O2. The highest BCUT2D eigenvalue weighted by Crippen LogP contribution is 2.52. The van der Waals surface area contributed by atoms with Crippen molar-refractivity contribution in [3.05, 3.63) is 0 Å². The first kappa shape index (κ1) is 9.47. The van der Waals surface area contributed by atoms with Crippen LogP contribution in [0.4, 0.5) is 0 Å². The van der Waals surface area contributed by atoms with Crippen molar-refractivity contribution in [2.75, 3.05) is 0 Å². The minimum absolute atomic E-state index is 0.388. The molecule has 2 aliphatic rings. The van der Waals surface area contributed by atoms with Crippen molar-refractivity contribution < 1.29 is 10.2 Å². The summed E-state index contributed by atoms with van der Waals surface area (Å²) in [6.07, 6.45) is 5.84. The van der Waals surface area contributed by atoms with Gasteiger partial charge in [-0.25, -0.2) is 0 Å². The predicted molar refractivity (Wildman–Crippen MR) is 51.3 cm³/mol. The summed E-state index contributed by atoms with van der Waals surface area (Å²) in [5.74, 6) is 0.991. The molecule has 2 nitrogen and oxygen atoms in total. The van der Waals surface area contributed by atoms with Gasteiger partial charge in [0.05, 0.1) is 11.7 Å². The molecule has 0 aliphatic heterocycles. The van der Waals surface area contributed by atoms with Gasteiger partial charge < -0.3 is 10.2 Å². The van der Waals surface area contributed by atoms with E-state index in [0.29, 0.717) is 11.8 Å². The summed E-state index contributed by atoms with van der Waals surface area (Å²) in [7, 11) is 0. The van der Waals surface area contributed by atoms with E-state index >= 15 is 0 Å². The van der Waals surface area contributed by atoms with Crippen LogP contribution in [0.5, 0.6) is 0 Å². The molecular weight excluding hydrogens is 164 g/mol. The molecule has 2 rings (SSSR count). The zero-order valence-electron chi connectivity index (χ0n) is 8.37. The minimum Gasteiger partial charge on any atom is -0.390 e. The van der Waals surface area contributed by atoms with Crippen molar-refractivity contribution in [3.63, 3.8) is 0 Å². The Labute approximate surface area is 80.0 Å². The maximum Gasteiger partial charge on any atom is 0.0911 e. The molecule has 0 aromatic heterocycles. The van der Waals surface area contributed by atoms with Crippen LogP contribution in [-0.2, 0) is 0 Å². The lowest BCUT2D eigenvalue weighted by Crippen LogP contribution is -2.41. The molecule has 2 saturated carbocycles. The van der Waals surface area contributed by atoms with E-state index in [4.69, 9.17) is 0 Å². The topological polar surface area (TPSA) is 40.5 Å². The fraction of sp³-hybridized carbons (Fsp3) is 1.00. The van der Waals surface area contributed by atoms with Gasteiger partial charge in [-0.3, -0.25) is 0 Å². The Bertz CT molecular complexity index is 193. The van der Waals surface area contributed by atoms with Crippen molar-refractivity contribution >= 4 is 0 Å². The molecule has 4 atom stereocenters. The summed E-state index contributed by atoms with van der Waals surface area (Å²) in [4.78, 5) is 0. The summed E-state index contributed by atoms with van der Waals surface area (Å²) in [6.45, 7) is 2.17. The van der Waals surface area contributed by atoms with Crippen LogP contribution in [0, 0.1) is 11.8 Å². The predicted octanol–water partition coefficient (Wildman–Crippen LogP) is 1.70. The molecule has 2 heteroatoms. The van der Waals surface area contributed by atoms with Crippen LogP contribution >= 0.6 is 0 Å². The minimum atomic E-state index is -0.705. The van der Waals surface area contributed by atoms with E-state index < -0.39 is 11.7 Å². The summed E-state index contributed by atoms with van der Waals surface area (Å²) >= 11 is 0. The highest BCUT2D eigenvalue weighted by molar-refractivity contribution is 5.07. The van der Waals surface area contributed by atoms with Crippen LogP contribution in [-0.4, -0.2) is 21.9 Å². The molecule has 0 heterocycles. The van der Waals surface area contributed by atoms with Gasteiger partial charge in [0.15, 0.2) is 0 Å². The van der Waals surface area contributed by atoms with Crippen LogP contribution < -0.4 is 0 Å². The molecule has 2 fully saturated rings. The Kier molecular flexibility index (Phi) is 2.37. The van der Waals surface area contributed by atoms with Crippen LogP contribution in [0.3, 0.4) is 0 Å². The van der Waals surface area contributed by atoms with Gasteiger partial charge >= 0.3 is 0 Å². The van der Waals surface area contributed by atoms with Gasteiger partial charge in [-0.1, -0.05) is 19.8 Å². The van der Waals surface area contributed by atoms with E-state index in [9.17, 15) is 10.2 Å². The second kappa shape index (κ2) is 3.25. The number of aliphatic hydroxyl groups excluding tert-OH is 1. The van der Waals surface area contributed by atoms with Crippen molar-refractivity contribution in [1.82, 2.24) is 0 Å². The number of hydrogen-bond acceptors (Lipinski definition) is 2. The van der Waals surface area contributed by atoms with Gasteiger partial charge in [0.1, 0.15) is 0 Å². The second-order valence-corrected chi connectivity index (χ2v) is 4.86. The molecule has 2 bridgehead atoms. The Balaban J connectivity index is 1.99. The highest BCUT2D eigenvalue weighted by Gasteiger charge is 2.55. The standard InChI is InChI=1S/C11H20O2/c1-2-3-4-9-8-5-6-11(13,7-8)10(9)12/h8-10,12-13H,2-7H2,1H3. The van der Waals surface area contributed by atoms with E-state index in [1.807, 2.05) is 0 Å². The van der Waals surface area contributed by atoms with Crippen molar-refractivity contribution in [2.24, 2.45) is 11.8 Å². The Morgan fingerprint density at radius 2 is 2.23 bits per heavy atom. The number of unbranched alkanes of at least 4 members (excludes halogenated alkanes) is 1. The summed E-state index contributed by atoms with van der Waals surface area (Å²) in [5, 5.41) is 19.9. The van der Waals surface area contributed by atoms with Crippen LogP contribution in [0.15, 0.2) is 0 Å². The van der Waals surface area contributed by atoms with Gasteiger partial charge in [0.2, 0.25) is 0 Å². The molecule has 76 valence electrons. The molecule has 2 N–H and O–H groups in total. The van der Waals surface area contributed by atoms with Gasteiger partial charge in [-0.05, 0) is 37.5 Å². The maximum atomic E-state index is 10.0. The van der Waals surface area contributed by atoms with E-state index in [0.717, 1.165) is 25.7 Å². The third-order valence-electron chi connectivity index (χ3n) is 4.02. The quantitative estimate of drug-likeness (QED) is 0.701. The molecule has 2 aliphatic carbocycles. The third-order valence-corrected chi connectivity index (χ3v) is 4.02. The summed E-state index contributed by atoms with van der Waals surface area (Å²) in [6, 6.07) is 0. The smallest absolute Gasteiger partial charge is 0.0911 e. The summed E-state index contributed by atoms with van der Waals surface area (Å²) in [5.41, 5.74) is -0.705. The molecule has 0 radical (unpaired) electrons. The number of aliphatic hydroxyl groups is 2. The van der Waals surface area contributed by atoms with Gasteiger partial charge in [0.25, 0.3) is 0 Å². The molecule has 0 spiro atoms. The zero-order chi connectivity index (χ0) is 9.47. The van der Waals surface area contributed by atoms with E-state index in [2.05, 4.69) is 6.92 Å². The first-order chi connectivity index (χ1) is 6.17. The fourth-order valence-corrected chi connectivity index (χ4v) is 3.22. The molecule has 0 saturated heterocycles. The lowest BCUT2D eigenvalue weighted by molar-refractivity contribution is -0.0790. The largest absolute Gasteiger partial charge is 0.390 e. The zero-order valence-corrected chi connectivity index (χ0v) is 8.37. The maximum absolute atomic E-state index is 10.0. The number of rotatable bonds is 3. The van der Waals surface area contributed by atoms with Gasteiger partial charge in [-0.2, -0.15) is 0 Å². The van der Waals surface area contributed by atoms with Crippen molar-refractivity contribution in [2.45, 2.75) is 57.2 Å². The molecule has 4 unspecified atom stereocenters. The SMILES string of the molecule is CCCCC1C2CCC(O)(C2)C1O. The molecule has 0 amide bonds. The number of fused-ring (bicyclic) bond motifs is 2.